The molecule has 0 aliphatic carbocycles. The van der Waals surface area contributed by atoms with Gasteiger partial charge in [0.1, 0.15) is 5.75 Å². The number of hydrogen-bond donors (Lipinski definition) is 1. The minimum atomic E-state index is -0.485. The topological polar surface area (TPSA) is 76.3 Å². The molecule has 1 N–H and O–H groups in total. The summed E-state index contributed by atoms with van der Waals surface area (Å²) in [5, 5.41) is 21.2. The second-order valence-corrected chi connectivity index (χ2v) is 3.67. The third kappa shape index (κ3) is 2.36. The molecule has 2 rings (SSSR count). The molecule has 0 radical (unpaired) electrons. The Morgan fingerprint density at radius 3 is 2.59 bits per heavy atom. The monoisotopic (exact) mass is 258 g/mol. The number of phenols is 1. The van der Waals surface area contributed by atoms with E-state index < -0.39 is 4.92 Å². The number of pyridine rings is 1. The van der Waals surface area contributed by atoms with Crippen LogP contribution in [0, 0.1) is 61.7 Å². The van der Waals surface area contributed by atoms with Crippen LogP contribution < -0.4 is 0 Å². The van der Waals surface area contributed by atoms with E-state index in [1.807, 2.05) is 0 Å². The van der Waals surface area contributed by atoms with E-state index >= 15 is 0 Å². The number of aromatic nitrogens is 1. The molecule has 1 heterocycles. The molecule has 0 fully saturated rings. The van der Waals surface area contributed by atoms with Gasteiger partial charge in [-0.2, -0.15) is 0 Å². The summed E-state index contributed by atoms with van der Waals surface area (Å²) in [6, 6.07) is 3.05. The van der Waals surface area contributed by atoms with Crippen LogP contribution >= 0.6 is 0 Å². The van der Waals surface area contributed by atoms with Crippen LogP contribution in [0.4, 0.5) is 5.69 Å². The molecule has 5 nitrogen and oxygen atoms in total. The van der Waals surface area contributed by atoms with Crippen molar-refractivity contribution in [3.05, 3.63) is 39.6 Å². The molecule has 17 heavy (non-hydrogen) atoms. The van der Waals surface area contributed by atoms with E-state index in [2.05, 4.69) is 4.98 Å². The fraction of sp³-hybridized carbons (Fsp3) is 0.182. The van der Waals surface area contributed by atoms with Crippen molar-refractivity contribution < 1.29 is 47.8 Å². The van der Waals surface area contributed by atoms with E-state index in [0.29, 0.717) is 10.9 Å². The minimum absolute atomic E-state index is 0. The summed E-state index contributed by atoms with van der Waals surface area (Å²) in [6.07, 6.45) is 1.50. The molecule has 0 bridgehead atoms. The first-order valence-electron chi connectivity index (χ1n) is 4.74. The number of hydrogen-bond acceptors (Lipinski definition) is 4. The van der Waals surface area contributed by atoms with E-state index in [1.54, 1.807) is 19.9 Å². The summed E-state index contributed by atoms with van der Waals surface area (Å²) in [5.41, 5.74) is 1.41. The Bertz CT molecular complexity index is 599. The van der Waals surface area contributed by atoms with Gasteiger partial charge in [-0.1, -0.05) is 0 Å². The van der Waals surface area contributed by atoms with Crippen LogP contribution in [0.2, 0.25) is 0 Å². The predicted octanol–water partition coefficient (Wildman–Crippen LogP) is 2.47. The van der Waals surface area contributed by atoms with Gasteiger partial charge in [-0.3, -0.25) is 10.1 Å². The third-order valence-electron chi connectivity index (χ3n) is 2.56. The van der Waals surface area contributed by atoms with Crippen LogP contribution in [0.3, 0.4) is 0 Å². The summed E-state index contributed by atoms with van der Waals surface area (Å²) in [5.74, 6) is 0.0613. The molecule has 1 aromatic carbocycles. The van der Waals surface area contributed by atoms with Gasteiger partial charge in [0.25, 0.3) is 5.69 Å². The Labute approximate surface area is 128 Å². The Morgan fingerprint density at radius 1 is 1.35 bits per heavy atom. The van der Waals surface area contributed by atoms with Crippen LogP contribution in [0.5, 0.6) is 5.75 Å². The number of non-ortho nitro benzene ring substituents is 1. The molecular formula is C11H10ArN2O3. The molecule has 0 amide bonds. The molecule has 0 saturated carbocycles. The van der Waals surface area contributed by atoms with E-state index in [1.165, 1.54) is 12.3 Å². The first-order chi connectivity index (χ1) is 7.52. The van der Waals surface area contributed by atoms with Crippen LogP contribution in [-0.4, -0.2) is 15.0 Å². The summed E-state index contributed by atoms with van der Waals surface area (Å²) in [7, 11) is 0. The Hall–Kier alpha value is -0.910. The van der Waals surface area contributed by atoms with E-state index in [4.69, 9.17) is 0 Å². The Balaban J connectivity index is 0.00000144. The summed E-state index contributed by atoms with van der Waals surface area (Å²) in [4.78, 5) is 14.4. The normalized spacial score (nSPS) is 10.0. The Morgan fingerprint density at radius 2 is 2.00 bits per heavy atom. The van der Waals surface area contributed by atoms with Crippen LogP contribution in [0.25, 0.3) is 10.9 Å². The van der Waals surface area contributed by atoms with Crippen molar-refractivity contribution in [2.24, 2.45) is 0 Å². The van der Waals surface area contributed by atoms with Crippen molar-refractivity contribution in [3.63, 3.8) is 0 Å². The maximum absolute atomic E-state index is 10.9. The number of fused-ring (bicyclic) bond motifs is 1. The van der Waals surface area contributed by atoms with Gasteiger partial charge in [0.2, 0.25) is 0 Å². The molecule has 0 aliphatic rings. The van der Waals surface area contributed by atoms with Crippen LogP contribution in [-0.2, 0) is 0 Å². The van der Waals surface area contributed by atoms with E-state index in [9.17, 15) is 15.2 Å². The molecule has 1 aromatic heterocycles. The van der Waals surface area contributed by atoms with Crippen molar-refractivity contribution in [1.82, 2.24) is 4.98 Å². The molecule has 0 aliphatic heterocycles. The minimum Gasteiger partial charge on any atom is -0.507 e. The number of aryl methyl sites for hydroxylation is 2. The average molecular weight is 258 g/mol. The van der Waals surface area contributed by atoms with Crippen molar-refractivity contribution >= 4 is 16.6 Å². The van der Waals surface area contributed by atoms with Gasteiger partial charge < -0.3 is 5.11 Å². The summed E-state index contributed by atoms with van der Waals surface area (Å²) < 4.78 is 0. The van der Waals surface area contributed by atoms with Crippen molar-refractivity contribution in [3.8, 4) is 5.75 Å². The van der Waals surface area contributed by atoms with Gasteiger partial charge in [0.15, 0.2) is 5.52 Å². The number of benzene rings is 1. The maximum atomic E-state index is 10.9. The van der Waals surface area contributed by atoms with Gasteiger partial charge in [-0.05, 0) is 31.0 Å². The summed E-state index contributed by atoms with van der Waals surface area (Å²) in [6.45, 7) is 3.42. The van der Waals surface area contributed by atoms with Crippen molar-refractivity contribution in [1.29, 1.82) is 0 Å². The third-order valence-corrected chi connectivity index (χ3v) is 2.56. The van der Waals surface area contributed by atoms with Gasteiger partial charge in [-0.25, -0.2) is 4.98 Å². The number of aromatic hydroxyl groups is 1. The molecule has 0 unspecified atom stereocenters. The first-order valence-corrected chi connectivity index (χ1v) is 4.74. The van der Waals surface area contributed by atoms with Gasteiger partial charge in [0, 0.05) is 50.0 Å². The molecule has 90 valence electrons. The van der Waals surface area contributed by atoms with Gasteiger partial charge >= 0.3 is 0 Å². The van der Waals surface area contributed by atoms with Crippen molar-refractivity contribution in [2.45, 2.75) is 13.8 Å². The number of nitro benzene ring substituents is 1. The Kier molecular flexibility index (Phi) is 4.30. The molecule has 0 spiro atoms. The SMILES string of the molecule is Cc1cc([N+](=O)[O-])c2nccc(C)c2c1O.[Ar]. The standard InChI is InChI=1S/C11H10N2O3.Ar/c1-6-3-4-12-10-8(13(15)16)5-7(2)11(14)9(6)10;/h3-5,14H,1-2H3;. The quantitative estimate of drug-likeness (QED) is 0.629. The fourth-order valence-corrected chi connectivity index (χ4v) is 1.73. The van der Waals surface area contributed by atoms with E-state index in [-0.39, 0.29) is 54.7 Å². The first kappa shape index (κ1) is 14.2. The van der Waals surface area contributed by atoms with E-state index in [0.717, 1.165) is 5.56 Å². The fourth-order valence-electron chi connectivity index (χ4n) is 1.73. The molecule has 6 heteroatoms. The number of phenolic OH excluding ortho intramolecular Hbond substituents is 1. The predicted molar refractivity (Wildman–Crippen MR) is 59.5 cm³/mol. The largest absolute Gasteiger partial charge is 0.507 e. The number of nitrogens with zero attached hydrogens (tertiary/aromatic N) is 2. The van der Waals surface area contributed by atoms with Gasteiger partial charge in [0.05, 0.1) is 10.3 Å². The van der Waals surface area contributed by atoms with Crippen molar-refractivity contribution in [2.75, 3.05) is 0 Å². The molecule has 2 aromatic rings. The zero-order valence-electron chi connectivity index (χ0n) is 9.24. The maximum Gasteiger partial charge on any atom is 0.295 e. The summed E-state index contributed by atoms with van der Waals surface area (Å²) >= 11 is 0. The van der Waals surface area contributed by atoms with Crippen LogP contribution in [0.15, 0.2) is 18.3 Å². The molecular weight excluding hydrogens is 248 g/mol. The van der Waals surface area contributed by atoms with Crippen LogP contribution in [0.1, 0.15) is 11.1 Å². The molecule has 0 saturated heterocycles. The second-order valence-electron chi connectivity index (χ2n) is 3.67. The zero-order valence-corrected chi connectivity index (χ0v) is 9.95. The number of rotatable bonds is 1. The average Bonchev–Trinajstić information content (AvgIpc) is 2.22. The zero-order chi connectivity index (χ0) is 11.9. The number of nitro groups is 1. The van der Waals surface area contributed by atoms with Gasteiger partial charge in [-0.15, -0.1) is 0 Å². The molecule has 0 atom stereocenters. The smallest absolute Gasteiger partial charge is 0.295 e. The second kappa shape index (κ2) is 5.16.